The molecule has 4 aliphatic carbocycles. The average Bonchev–Trinajstić information content (AvgIpc) is 2.62. The Balaban J connectivity index is 1.39. The normalized spacial score (nSPS) is 33.8. The number of nitrogens with one attached hydrogen (secondary N) is 1. The molecule has 4 fully saturated rings. The lowest BCUT2D eigenvalue weighted by Gasteiger charge is -2.59. The summed E-state index contributed by atoms with van der Waals surface area (Å²) < 4.78 is 0.206. The van der Waals surface area contributed by atoms with Crippen molar-refractivity contribution in [3.8, 4) is 0 Å². The Morgan fingerprint density at radius 1 is 0.963 bits per heavy atom. The SMILES string of the molecule is O=C(Nc1ccccc1Cc1ccccc1)C12CC3CC(CC(Br)(C3)C1)C2. The van der Waals surface area contributed by atoms with E-state index in [4.69, 9.17) is 0 Å². The van der Waals surface area contributed by atoms with Gasteiger partial charge in [0.15, 0.2) is 0 Å². The molecule has 0 spiro atoms. The Morgan fingerprint density at radius 3 is 2.33 bits per heavy atom. The first-order valence-corrected chi connectivity index (χ1v) is 11.0. The lowest BCUT2D eigenvalue weighted by Crippen LogP contribution is -2.57. The highest BCUT2D eigenvalue weighted by Gasteiger charge is 2.59. The summed E-state index contributed by atoms with van der Waals surface area (Å²) in [5, 5.41) is 3.35. The molecule has 2 unspecified atom stereocenters. The number of carbonyl (C=O) groups is 1. The lowest BCUT2D eigenvalue weighted by molar-refractivity contribution is -0.138. The minimum absolute atomic E-state index is 0.173. The van der Waals surface area contributed by atoms with Crippen LogP contribution < -0.4 is 5.32 Å². The fraction of sp³-hybridized carbons (Fsp3) is 0.458. The van der Waals surface area contributed by atoms with Gasteiger partial charge >= 0.3 is 0 Å². The molecule has 0 radical (unpaired) electrons. The molecule has 4 saturated carbocycles. The number of carbonyl (C=O) groups excluding carboxylic acids is 1. The zero-order valence-electron chi connectivity index (χ0n) is 15.6. The summed E-state index contributed by atoms with van der Waals surface area (Å²) in [6, 6.07) is 18.7. The number of amides is 1. The molecule has 140 valence electrons. The summed E-state index contributed by atoms with van der Waals surface area (Å²) >= 11 is 4.03. The zero-order chi connectivity index (χ0) is 18.5. The van der Waals surface area contributed by atoms with E-state index in [-0.39, 0.29) is 15.6 Å². The zero-order valence-corrected chi connectivity index (χ0v) is 17.2. The summed E-state index contributed by atoms with van der Waals surface area (Å²) in [7, 11) is 0. The third-order valence-electron chi connectivity index (χ3n) is 6.97. The Bertz CT molecular complexity index is 848. The van der Waals surface area contributed by atoms with Crippen LogP contribution >= 0.6 is 15.9 Å². The van der Waals surface area contributed by atoms with Crippen molar-refractivity contribution in [3.63, 3.8) is 0 Å². The molecule has 1 amide bonds. The quantitative estimate of drug-likeness (QED) is 0.604. The predicted molar refractivity (Wildman–Crippen MR) is 113 cm³/mol. The molecule has 0 aromatic heterocycles. The molecule has 2 atom stereocenters. The molecule has 4 aliphatic rings. The minimum atomic E-state index is -0.173. The Kier molecular flexibility index (Phi) is 4.19. The topological polar surface area (TPSA) is 29.1 Å². The molecule has 0 saturated heterocycles. The van der Waals surface area contributed by atoms with Crippen LogP contribution in [-0.4, -0.2) is 10.2 Å². The van der Waals surface area contributed by atoms with Crippen molar-refractivity contribution in [1.29, 1.82) is 0 Å². The van der Waals surface area contributed by atoms with E-state index in [2.05, 4.69) is 63.7 Å². The number of benzene rings is 2. The molecule has 27 heavy (non-hydrogen) atoms. The molecule has 0 aliphatic heterocycles. The van der Waals surface area contributed by atoms with Crippen LogP contribution in [0.3, 0.4) is 0 Å². The van der Waals surface area contributed by atoms with Crippen molar-refractivity contribution in [2.75, 3.05) is 5.32 Å². The van der Waals surface area contributed by atoms with Crippen molar-refractivity contribution in [2.45, 2.75) is 49.3 Å². The molecule has 4 bridgehead atoms. The van der Waals surface area contributed by atoms with E-state index in [9.17, 15) is 4.79 Å². The van der Waals surface area contributed by atoms with E-state index in [1.54, 1.807) is 0 Å². The van der Waals surface area contributed by atoms with Gasteiger partial charge in [-0.2, -0.15) is 0 Å². The highest BCUT2D eigenvalue weighted by atomic mass is 79.9. The van der Waals surface area contributed by atoms with Crippen molar-refractivity contribution in [2.24, 2.45) is 17.3 Å². The van der Waals surface area contributed by atoms with Crippen LogP contribution in [0.4, 0.5) is 5.69 Å². The highest BCUT2D eigenvalue weighted by Crippen LogP contribution is 2.64. The van der Waals surface area contributed by atoms with E-state index < -0.39 is 0 Å². The number of rotatable bonds is 4. The van der Waals surface area contributed by atoms with E-state index in [1.165, 1.54) is 30.4 Å². The van der Waals surface area contributed by atoms with Gasteiger partial charge in [0.25, 0.3) is 0 Å². The first kappa shape index (κ1) is 17.5. The van der Waals surface area contributed by atoms with Gasteiger partial charge in [-0.15, -0.1) is 0 Å². The van der Waals surface area contributed by atoms with E-state index in [1.807, 2.05) is 12.1 Å². The third-order valence-corrected chi connectivity index (χ3v) is 7.90. The van der Waals surface area contributed by atoms with E-state index >= 15 is 0 Å². The van der Waals surface area contributed by atoms with Crippen LogP contribution in [0.25, 0.3) is 0 Å². The van der Waals surface area contributed by atoms with Crippen molar-refractivity contribution in [3.05, 3.63) is 65.7 Å². The second-order valence-electron chi connectivity index (χ2n) is 9.17. The fourth-order valence-electron chi connectivity index (χ4n) is 6.28. The maximum absolute atomic E-state index is 13.5. The number of hydrogen-bond acceptors (Lipinski definition) is 1. The van der Waals surface area contributed by atoms with Gasteiger partial charge in [-0.05, 0) is 74.0 Å². The van der Waals surface area contributed by atoms with Crippen molar-refractivity contribution >= 4 is 27.5 Å². The number of halogens is 1. The second-order valence-corrected chi connectivity index (χ2v) is 10.8. The Morgan fingerprint density at radius 2 is 1.63 bits per heavy atom. The molecule has 1 N–H and O–H groups in total. The molecule has 0 heterocycles. The van der Waals surface area contributed by atoms with Gasteiger partial charge in [0.1, 0.15) is 0 Å². The molecular formula is C24H26BrNO. The molecule has 2 aromatic carbocycles. The van der Waals surface area contributed by atoms with Crippen LogP contribution in [0.2, 0.25) is 0 Å². The summed E-state index contributed by atoms with van der Waals surface area (Å²) in [6.45, 7) is 0. The summed E-state index contributed by atoms with van der Waals surface area (Å²) in [6.07, 6.45) is 7.82. The highest BCUT2D eigenvalue weighted by molar-refractivity contribution is 9.10. The van der Waals surface area contributed by atoms with Crippen LogP contribution in [-0.2, 0) is 11.2 Å². The van der Waals surface area contributed by atoms with Crippen LogP contribution in [0.1, 0.15) is 49.7 Å². The molecule has 2 aromatic rings. The standard InChI is InChI=1S/C24H26BrNO/c25-24-14-18-10-19(15-24)13-23(12-18,16-24)22(27)26-21-9-5-4-8-20(21)11-17-6-2-1-3-7-17/h1-9,18-19H,10-16H2,(H,26,27). The summed E-state index contributed by atoms with van der Waals surface area (Å²) in [5.41, 5.74) is 3.27. The van der Waals surface area contributed by atoms with Gasteiger partial charge in [0.2, 0.25) is 5.91 Å². The smallest absolute Gasteiger partial charge is 0.230 e. The number of anilines is 1. The van der Waals surface area contributed by atoms with Gasteiger partial charge in [0, 0.05) is 10.0 Å². The maximum atomic E-state index is 13.5. The average molecular weight is 424 g/mol. The lowest BCUT2D eigenvalue weighted by atomic mass is 9.49. The molecule has 2 nitrogen and oxygen atoms in total. The Labute approximate surface area is 169 Å². The van der Waals surface area contributed by atoms with Crippen LogP contribution in [0, 0.1) is 17.3 Å². The number of alkyl halides is 1. The maximum Gasteiger partial charge on any atom is 0.230 e. The van der Waals surface area contributed by atoms with Gasteiger partial charge < -0.3 is 5.32 Å². The van der Waals surface area contributed by atoms with Crippen LogP contribution in [0.15, 0.2) is 54.6 Å². The van der Waals surface area contributed by atoms with E-state index in [0.29, 0.717) is 0 Å². The van der Waals surface area contributed by atoms with Crippen LogP contribution in [0.5, 0.6) is 0 Å². The Hall–Kier alpha value is -1.61. The monoisotopic (exact) mass is 423 g/mol. The van der Waals surface area contributed by atoms with Gasteiger partial charge in [-0.1, -0.05) is 64.5 Å². The van der Waals surface area contributed by atoms with Gasteiger partial charge in [-0.3, -0.25) is 4.79 Å². The molecule has 3 heteroatoms. The van der Waals surface area contributed by atoms with Gasteiger partial charge in [-0.25, -0.2) is 0 Å². The van der Waals surface area contributed by atoms with E-state index in [0.717, 1.165) is 43.2 Å². The second kappa shape index (κ2) is 6.48. The largest absolute Gasteiger partial charge is 0.325 e. The third kappa shape index (κ3) is 3.24. The first-order valence-electron chi connectivity index (χ1n) is 10.2. The predicted octanol–water partition coefficient (Wildman–Crippen LogP) is 5.95. The van der Waals surface area contributed by atoms with Gasteiger partial charge in [0.05, 0.1) is 5.41 Å². The molecule has 6 rings (SSSR count). The number of hydrogen-bond donors (Lipinski definition) is 1. The first-order chi connectivity index (χ1) is 13.0. The summed E-state index contributed by atoms with van der Waals surface area (Å²) in [5.74, 6) is 1.69. The van der Waals surface area contributed by atoms with Crippen molar-refractivity contribution < 1.29 is 4.79 Å². The fourth-order valence-corrected chi connectivity index (χ4v) is 7.74. The van der Waals surface area contributed by atoms with Crippen molar-refractivity contribution in [1.82, 2.24) is 0 Å². The molecular weight excluding hydrogens is 398 g/mol. The number of para-hydroxylation sites is 1. The minimum Gasteiger partial charge on any atom is -0.325 e. The summed E-state index contributed by atoms with van der Waals surface area (Å²) in [4.78, 5) is 13.5.